The van der Waals surface area contributed by atoms with Gasteiger partial charge in [-0.1, -0.05) is 12.1 Å². The monoisotopic (exact) mass is 414 g/mol. The normalized spacial score (nSPS) is 11.1. The summed E-state index contributed by atoms with van der Waals surface area (Å²) in [4.78, 5) is 11.9. The van der Waals surface area contributed by atoms with E-state index in [9.17, 15) is 22.0 Å². The highest BCUT2D eigenvalue weighted by molar-refractivity contribution is 7.89. The fraction of sp³-hybridized carbons (Fsp3) is 0.125. The van der Waals surface area contributed by atoms with E-state index in [0.717, 1.165) is 22.5 Å². The van der Waals surface area contributed by atoms with Crippen LogP contribution in [0.3, 0.4) is 0 Å². The highest BCUT2D eigenvalue weighted by Crippen LogP contribution is 2.17. The lowest BCUT2D eigenvalue weighted by Crippen LogP contribution is -2.44. The maximum atomic E-state index is 13.9. The molecule has 7 nitrogen and oxygen atoms in total. The number of anilines is 1. The predicted octanol–water partition coefficient (Wildman–Crippen LogP) is 1.85. The molecule has 0 saturated carbocycles. The van der Waals surface area contributed by atoms with E-state index in [1.807, 2.05) is 0 Å². The molecule has 2 rings (SSSR count). The molecule has 0 aliphatic heterocycles. The number of carbonyl (C=O) groups is 1. The van der Waals surface area contributed by atoms with Crippen LogP contribution in [-0.2, 0) is 10.0 Å². The standard InChI is InChI=1S/C16H16F2N4O3S2/c1-22(2)27(24,25)10-7-8-12(17)11(9-10)15(23)20-21-16(26)19-14-6-4-3-5-13(14)18/h3-9H,1-2H3,(H,20,23)(H2,19,21,26). The van der Waals surface area contributed by atoms with Crippen molar-refractivity contribution < 1.29 is 22.0 Å². The maximum absolute atomic E-state index is 13.9. The predicted molar refractivity (Wildman–Crippen MR) is 100 cm³/mol. The van der Waals surface area contributed by atoms with Crippen LogP contribution in [0, 0.1) is 11.6 Å². The zero-order valence-corrected chi connectivity index (χ0v) is 15.9. The van der Waals surface area contributed by atoms with E-state index in [0.29, 0.717) is 0 Å². The number of nitrogens with zero attached hydrogens (tertiary/aromatic N) is 1. The second-order valence-corrected chi connectivity index (χ2v) is 8.00. The number of hydrogen-bond acceptors (Lipinski definition) is 4. The van der Waals surface area contributed by atoms with Gasteiger partial charge in [-0.2, -0.15) is 0 Å². The number of para-hydroxylation sites is 1. The van der Waals surface area contributed by atoms with Gasteiger partial charge in [-0.3, -0.25) is 15.6 Å². The molecular formula is C16H16F2N4O3S2. The highest BCUT2D eigenvalue weighted by Gasteiger charge is 2.21. The minimum atomic E-state index is -3.84. The lowest BCUT2D eigenvalue weighted by atomic mass is 10.2. The van der Waals surface area contributed by atoms with Crippen molar-refractivity contribution in [2.45, 2.75) is 4.90 Å². The van der Waals surface area contributed by atoms with E-state index in [1.165, 1.54) is 32.3 Å². The van der Waals surface area contributed by atoms with Gasteiger partial charge in [0.25, 0.3) is 5.91 Å². The zero-order valence-electron chi connectivity index (χ0n) is 14.3. The van der Waals surface area contributed by atoms with Crippen molar-refractivity contribution in [1.82, 2.24) is 15.2 Å². The Morgan fingerprint density at radius 2 is 1.70 bits per heavy atom. The molecule has 0 aliphatic rings. The Labute approximate surface area is 160 Å². The molecule has 11 heteroatoms. The van der Waals surface area contributed by atoms with E-state index in [2.05, 4.69) is 16.2 Å². The highest BCUT2D eigenvalue weighted by atomic mass is 32.2. The summed E-state index contributed by atoms with van der Waals surface area (Å²) in [6.45, 7) is 0. The molecule has 27 heavy (non-hydrogen) atoms. The largest absolute Gasteiger partial charge is 0.329 e. The third-order valence-electron chi connectivity index (χ3n) is 3.37. The Kier molecular flexibility index (Phi) is 6.41. The van der Waals surface area contributed by atoms with Gasteiger partial charge in [0.15, 0.2) is 5.11 Å². The summed E-state index contributed by atoms with van der Waals surface area (Å²) in [6, 6.07) is 8.57. The third-order valence-corrected chi connectivity index (χ3v) is 5.39. The molecule has 0 atom stereocenters. The van der Waals surface area contributed by atoms with E-state index < -0.39 is 33.1 Å². The number of nitrogens with one attached hydrogen (secondary N) is 3. The van der Waals surface area contributed by atoms with Gasteiger partial charge in [-0.25, -0.2) is 21.5 Å². The Morgan fingerprint density at radius 1 is 1.04 bits per heavy atom. The molecule has 1 amide bonds. The van der Waals surface area contributed by atoms with Gasteiger partial charge in [-0.15, -0.1) is 0 Å². The van der Waals surface area contributed by atoms with Gasteiger partial charge in [0.2, 0.25) is 10.0 Å². The van der Waals surface area contributed by atoms with Crippen LogP contribution in [0.25, 0.3) is 0 Å². The van der Waals surface area contributed by atoms with Gasteiger partial charge in [0, 0.05) is 14.1 Å². The quantitative estimate of drug-likeness (QED) is 0.523. The zero-order chi connectivity index (χ0) is 20.2. The second kappa shape index (κ2) is 8.37. The summed E-state index contributed by atoms with van der Waals surface area (Å²) >= 11 is 4.92. The number of hydrogen-bond donors (Lipinski definition) is 3. The summed E-state index contributed by atoms with van der Waals surface area (Å²) in [5.41, 5.74) is 3.99. The van der Waals surface area contributed by atoms with E-state index >= 15 is 0 Å². The fourth-order valence-electron chi connectivity index (χ4n) is 1.95. The number of amides is 1. The molecule has 0 unspecified atom stereocenters. The Hall–Kier alpha value is -2.63. The molecule has 3 N–H and O–H groups in total. The van der Waals surface area contributed by atoms with Crippen LogP contribution in [0.15, 0.2) is 47.4 Å². The molecule has 0 fully saturated rings. The van der Waals surface area contributed by atoms with Crippen molar-refractivity contribution >= 4 is 38.9 Å². The van der Waals surface area contributed by atoms with Gasteiger partial charge in [0.1, 0.15) is 11.6 Å². The average molecular weight is 414 g/mol. The molecule has 0 bridgehead atoms. The lowest BCUT2D eigenvalue weighted by molar-refractivity contribution is 0.0940. The van der Waals surface area contributed by atoms with Crippen molar-refractivity contribution in [1.29, 1.82) is 0 Å². The Bertz CT molecular complexity index is 981. The van der Waals surface area contributed by atoms with Crippen molar-refractivity contribution in [3.05, 3.63) is 59.7 Å². The first-order chi connectivity index (χ1) is 12.6. The van der Waals surface area contributed by atoms with Gasteiger partial charge in [-0.05, 0) is 42.5 Å². The fourth-order valence-corrected chi connectivity index (χ4v) is 3.04. The van der Waals surface area contributed by atoms with Crippen molar-refractivity contribution in [2.24, 2.45) is 0 Å². The average Bonchev–Trinajstić information content (AvgIpc) is 2.61. The number of carbonyl (C=O) groups excluding carboxylic acids is 1. The van der Waals surface area contributed by atoms with Gasteiger partial charge < -0.3 is 5.32 Å². The summed E-state index contributed by atoms with van der Waals surface area (Å²) < 4.78 is 52.6. The topological polar surface area (TPSA) is 90.5 Å². The van der Waals surface area contributed by atoms with Crippen molar-refractivity contribution in [3.8, 4) is 0 Å². The number of hydrazine groups is 1. The summed E-state index contributed by atoms with van der Waals surface area (Å²) in [5.74, 6) is -2.43. The van der Waals surface area contributed by atoms with Crippen LogP contribution in [0.4, 0.5) is 14.5 Å². The summed E-state index contributed by atoms with van der Waals surface area (Å²) in [6.07, 6.45) is 0. The van der Waals surface area contributed by atoms with E-state index in [-0.39, 0.29) is 15.7 Å². The van der Waals surface area contributed by atoms with Crippen LogP contribution < -0.4 is 16.2 Å². The van der Waals surface area contributed by atoms with Gasteiger partial charge in [0.05, 0.1) is 16.1 Å². The molecular weight excluding hydrogens is 398 g/mol. The van der Waals surface area contributed by atoms with Crippen LogP contribution in [-0.4, -0.2) is 37.8 Å². The summed E-state index contributed by atoms with van der Waals surface area (Å²) in [7, 11) is -1.22. The second-order valence-electron chi connectivity index (χ2n) is 5.44. The molecule has 0 aliphatic carbocycles. The lowest BCUT2D eigenvalue weighted by Gasteiger charge is -2.14. The van der Waals surface area contributed by atoms with E-state index in [4.69, 9.17) is 12.2 Å². The number of rotatable bonds is 4. The van der Waals surface area contributed by atoms with E-state index in [1.54, 1.807) is 6.07 Å². The minimum absolute atomic E-state index is 0.0782. The van der Waals surface area contributed by atoms with Gasteiger partial charge >= 0.3 is 0 Å². The van der Waals surface area contributed by atoms with Crippen LogP contribution in [0.1, 0.15) is 10.4 Å². The molecule has 2 aromatic rings. The molecule has 0 aromatic heterocycles. The molecule has 0 heterocycles. The van der Waals surface area contributed by atoms with Crippen LogP contribution in [0.2, 0.25) is 0 Å². The number of sulfonamides is 1. The maximum Gasteiger partial charge on any atom is 0.272 e. The van der Waals surface area contributed by atoms with Crippen molar-refractivity contribution in [2.75, 3.05) is 19.4 Å². The SMILES string of the molecule is CN(C)S(=O)(=O)c1ccc(F)c(C(=O)NNC(=S)Nc2ccccc2F)c1. The first-order valence-corrected chi connectivity index (χ1v) is 9.31. The Morgan fingerprint density at radius 3 is 2.33 bits per heavy atom. The molecule has 0 radical (unpaired) electrons. The first kappa shape index (κ1) is 20.7. The van der Waals surface area contributed by atoms with Crippen LogP contribution in [0.5, 0.6) is 0 Å². The minimum Gasteiger partial charge on any atom is -0.329 e. The summed E-state index contributed by atoms with van der Waals surface area (Å²) in [5, 5.41) is 2.37. The molecule has 0 spiro atoms. The number of halogens is 2. The first-order valence-electron chi connectivity index (χ1n) is 7.47. The van der Waals surface area contributed by atoms with Crippen molar-refractivity contribution in [3.63, 3.8) is 0 Å². The smallest absolute Gasteiger partial charge is 0.272 e. The molecule has 0 saturated heterocycles. The van der Waals surface area contributed by atoms with Crippen LogP contribution >= 0.6 is 12.2 Å². The third kappa shape index (κ3) is 4.96. The number of benzene rings is 2. The molecule has 2 aromatic carbocycles. The number of thiocarbonyl (C=S) groups is 1. The Balaban J connectivity index is 2.10. The molecule has 144 valence electrons.